The minimum atomic E-state index is -0.326. The van der Waals surface area contributed by atoms with Gasteiger partial charge in [0.25, 0.3) is 0 Å². The Morgan fingerprint density at radius 3 is 2.88 bits per heavy atom. The van der Waals surface area contributed by atoms with Crippen LogP contribution in [0.4, 0.5) is 5.69 Å². The zero-order chi connectivity index (χ0) is 17.6. The average molecular weight is 375 g/mol. The second kappa shape index (κ2) is 6.36. The van der Waals surface area contributed by atoms with Crippen molar-refractivity contribution in [3.05, 3.63) is 65.8 Å². The van der Waals surface area contributed by atoms with Crippen molar-refractivity contribution in [1.29, 1.82) is 0 Å². The Kier molecular flexibility index (Phi) is 4.18. The molecule has 0 aliphatic carbocycles. The number of nitrogens with zero attached hydrogens (tertiary/aromatic N) is 3. The number of hydrogen-bond acceptors (Lipinski definition) is 5. The standard InChI is InChI=1S/C17H18N4O2S2/c1-11-16(21(22)23)12(2)20(18-11)10-19-7-5-14-13(6-9-25-14)17(19)15-4-3-8-24-15/h3-4,6,8-9,17H,5,7,10H2,1-2H3/p+1/t17-/m1/s1. The van der Waals surface area contributed by atoms with Gasteiger partial charge in [-0.2, -0.15) is 5.10 Å². The van der Waals surface area contributed by atoms with Crippen LogP contribution in [-0.4, -0.2) is 21.2 Å². The fourth-order valence-electron chi connectivity index (χ4n) is 3.73. The van der Waals surface area contributed by atoms with Crippen molar-refractivity contribution in [3.63, 3.8) is 0 Å². The van der Waals surface area contributed by atoms with Gasteiger partial charge >= 0.3 is 5.69 Å². The molecule has 0 bridgehead atoms. The van der Waals surface area contributed by atoms with Gasteiger partial charge in [-0.1, -0.05) is 6.07 Å². The maximum absolute atomic E-state index is 11.3. The molecule has 4 rings (SSSR count). The summed E-state index contributed by atoms with van der Waals surface area (Å²) in [5, 5.41) is 20.0. The zero-order valence-corrected chi connectivity index (χ0v) is 15.7. The molecule has 2 atom stereocenters. The number of nitro groups is 1. The lowest BCUT2D eigenvalue weighted by molar-refractivity contribution is -0.950. The highest BCUT2D eigenvalue weighted by Crippen LogP contribution is 2.32. The van der Waals surface area contributed by atoms with Crippen LogP contribution in [0.25, 0.3) is 0 Å². The first-order valence-electron chi connectivity index (χ1n) is 8.19. The quantitative estimate of drug-likeness (QED) is 0.563. The Bertz CT molecular complexity index is 913. The molecule has 6 nitrogen and oxygen atoms in total. The number of thiophene rings is 2. The number of aryl methyl sites for hydroxylation is 1. The van der Waals surface area contributed by atoms with Crippen LogP contribution in [0.15, 0.2) is 29.0 Å². The Balaban J connectivity index is 1.71. The molecule has 0 fully saturated rings. The van der Waals surface area contributed by atoms with E-state index in [9.17, 15) is 10.1 Å². The van der Waals surface area contributed by atoms with Gasteiger partial charge in [-0.25, -0.2) is 4.68 Å². The number of hydrogen-bond donors (Lipinski definition) is 1. The number of quaternary nitrogens is 1. The number of rotatable bonds is 4. The van der Waals surface area contributed by atoms with Gasteiger partial charge in [0.15, 0.2) is 12.7 Å². The van der Waals surface area contributed by atoms with Crippen molar-refractivity contribution < 1.29 is 9.82 Å². The maximum atomic E-state index is 11.3. The van der Waals surface area contributed by atoms with Crippen molar-refractivity contribution in [2.24, 2.45) is 0 Å². The van der Waals surface area contributed by atoms with E-state index in [0.717, 1.165) is 13.0 Å². The van der Waals surface area contributed by atoms with E-state index in [4.69, 9.17) is 0 Å². The second-order valence-corrected chi connectivity index (χ2v) is 8.32. The highest BCUT2D eigenvalue weighted by molar-refractivity contribution is 7.10. The largest absolute Gasteiger partial charge is 0.312 e. The lowest BCUT2D eigenvalue weighted by atomic mass is 9.99. The molecule has 1 aliphatic rings. The summed E-state index contributed by atoms with van der Waals surface area (Å²) < 4.78 is 1.81. The van der Waals surface area contributed by atoms with Gasteiger partial charge < -0.3 is 4.90 Å². The van der Waals surface area contributed by atoms with E-state index in [0.29, 0.717) is 18.1 Å². The van der Waals surface area contributed by atoms with Gasteiger partial charge in [0.05, 0.1) is 16.3 Å². The minimum absolute atomic E-state index is 0.139. The molecule has 0 radical (unpaired) electrons. The van der Waals surface area contributed by atoms with Crippen molar-refractivity contribution in [1.82, 2.24) is 9.78 Å². The molecule has 8 heteroatoms. The van der Waals surface area contributed by atoms with Crippen molar-refractivity contribution in [3.8, 4) is 0 Å². The van der Waals surface area contributed by atoms with Crippen molar-refractivity contribution >= 4 is 28.4 Å². The summed E-state index contributed by atoms with van der Waals surface area (Å²) in [5.41, 5.74) is 2.66. The summed E-state index contributed by atoms with van der Waals surface area (Å²) in [6.07, 6.45) is 1.05. The van der Waals surface area contributed by atoms with Crippen molar-refractivity contribution in [2.75, 3.05) is 6.54 Å². The van der Waals surface area contributed by atoms with Crippen LogP contribution in [-0.2, 0) is 13.1 Å². The molecule has 0 saturated heterocycles. The Labute approximate surface area is 153 Å². The van der Waals surface area contributed by atoms with Crippen molar-refractivity contribution in [2.45, 2.75) is 33.0 Å². The molecule has 3 aromatic rings. The molecular weight excluding hydrogens is 356 g/mol. The first-order valence-corrected chi connectivity index (χ1v) is 9.95. The predicted octanol–water partition coefficient (Wildman–Crippen LogP) is 2.72. The first kappa shape index (κ1) is 16.4. The molecule has 3 aromatic heterocycles. The van der Waals surface area contributed by atoms with Gasteiger partial charge in [-0.05, 0) is 36.7 Å². The molecule has 4 heterocycles. The van der Waals surface area contributed by atoms with E-state index in [1.807, 2.05) is 11.3 Å². The van der Waals surface area contributed by atoms with E-state index < -0.39 is 0 Å². The fraction of sp³-hybridized carbons (Fsp3) is 0.353. The SMILES string of the molecule is Cc1nn(C[NH+]2CCc3sccc3[C@@H]2c2cccs2)c(C)c1[N+](=O)[O-]. The summed E-state index contributed by atoms with van der Waals surface area (Å²) >= 11 is 3.60. The van der Waals surface area contributed by atoms with Crippen LogP contribution in [0.3, 0.4) is 0 Å². The number of aromatic nitrogens is 2. The monoisotopic (exact) mass is 375 g/mol. The smallest absolute Gasteiger partial charge is 0.305 e. The van der Waals surface area contributed by atoms with Crippen LogP contribution in [0.5, 0.6) is 0 Å². The summed E-state index contributed by atoms with van der Waals surface area (Å²) in [6.45, 7) is 5.14. The third-order valence-electron chi connectivity index (χ3n) is 4.88. The predicted molar refractivity (Wildman–Crippen MR) is 98.4 cm³/mol. The van der Waals surface area contributed by atoms with Gasteiger partial charge in [0.2, 0.25) is 0 Å². The molecule has 0 aromatic carbocycles. The van der Waals surface area contributed by atoms with Crippen LogP contribution in [0, 0.1) is 24.0 Å². The highest BCUT2D eigenvalue weighted by atomic mass is 32.1. The lowest BCUT2D eigenvalue weighted by Crippen LogP contribution is -3.12. The number of fused-ring (bicyclic) bond motifs is 1. The Morgan fingerprint density at radius 1 is 1.36 bits per heavy atom. The number of nitrogens with one attached hydrogen (secondary N) is 1. The Hall–Kier alpha value is -2.03. The normalized spacial score (nSPS) is 19.8. The van der Waals surface area contributed by atoms with Crippen LogP contribution in [0.2, 0.25) is 0 Å². The third-order valence-corrected chi connectivity index (χ3v) is 6.81. The van der Waals surface area contributed by atoms with E-state index in [2.05, 4.69) is 34.1 Å². The topological polar surface area (TPSA) is 65.4 Å². The van der Waals surface area contributed by atoms with Gasteiger partial charge in [-0.3, -0.25) is 10.1 Å². The maximum Gasteiger partial charge on any atom is 0.312 e. The van der Waals surface area contributed by atoms with Crippen LogP contribution in [0.1, 0.15) is 32.7 Å². The molecule has 0 saturated carbocycles. The third kappa shape index (κ3) is 2.80. The van der Waals surface area contributed by atoms with Gasteiger partial charge in [0, 0.05) is 16.9 Å². The first-order chi connectivity index (χ1) is 12.1. The summed E-state index contributed by atoms with van der Waals surface area (Å²) in [4.78, 5) is 15.1. The van der Waals surface area contributed by atoms with Crippen LogP contribution >= 0.6 is 22.7 Å². The highest BCUT2D eigenvalue weighted by Gasteiger charge is 2.35. The van der Waals surface area contributed by atoms with Crippen LogP contribution < -0.4 is 4.90 Å². The molecule has 25 heavy (non-hydrogen) atoms. The second-order valence-electron chi connectivity index (χ2n) is 6.34. The summed E-state index contributed by atoms with van der Waals surface area (Å²) in [6, 6.07) is 6.78. The molecule has 0 spiro atoms. The minimum Gasteiger partial charge on any atom is -0.305 e. The molecule has 1 unspecified atom stereocenters. The van der Waals surface area contributed by atoms with Gasteiger partial charge in [-0.15, -0.1) is 22.7 Å². The van der Waals surface area contributed by atoms with Gasteiger partial charge in [0.1, 0.15) is 11.4 Å². The lowest BCUT2D eigenvalue weighted by Gasteiger charge is -2.32. The van der Waals surface area contributed by atoms with E-state index in [1.165, 1.54) is 20.2 Å². The molecule has 130 valence electrons. The van der Waals surface area contributed by atoms with E-state index >= 15 is 0 Å². The molecule has 0 amide bonds. The Morgan fingerprint density at radius 2 is 2.20 bits per heavy atom. The summed E-state index contributed by atoms with van der Waals surface area (Å²) in [7, 11) is 0. The molecular formula is C17H19N4O2S2+. The van der Waals surface area contributed by atoms with E-state index in [-0.39, 0.29) is 16.7 Å². The molecule has 1 aliphatic heterocycles. The zero-order valence-electron chi connectivity index (χ0n) is 14.1. The fourth-order valence-corrected chi connectivity index (χ4v) is 5.55. The van der Waals surface area contributed by atoms with E-state index in [1.54, 1.807) is 29.9 Å². The summed E-state index contributed by atoms with van der Waals surface area (Å²) in [5.74, 6) is 0. The average Bonchev–Trinajstić information content (AvgIpc) is 3.28. The molecule has 1 N–H and O–H groups in total.